The molecule has 0 spiro atoms. The van der Waals surface area contributed by atoms with Crippen LogP contribution in [0.3, 0.4) is 0 Å². The third-order valence-corrected chi connectivity index (χ3v) is 4.02. The highest BCUT2D eigenvalue weighted by Crippen LogP contribution is 2.23. The van der Waals surface area contributed by atoms with Gasteiger partial charge in [0, 0.05) is 25.3 Å². The summed E-state index contributed by atoms with van der Waals surface area (Å²) in [6.45, 7) is 2.96. The van der Waals surface area contributed by atoms with E-state index < -0.39 is 0 Å². The highest BCUT2D eigenvalue weighted by Gasteiger charge is 2.31. The lowest BCUT2D eigenvalue weighted by Gasteiger charge is -2.31. The van der Waals surface area contributed by atoms with Crippen molar-refractivity contribution in [1.29, 1.82) is 0 Å². The number of amidine groups is 1. The average molecular weight is 271 g/mol. The monoisotopic (exact) mass is 271 g/mol. The van der Waals surface area contributed by atoms with Crippen LogP contribution < -0.4 is 5.32 Å². The van der Waals surface area contributed by atoms with Gasteiger partial charge >= 0.3 is 0 Å². The van der Waals surface area contributed by atoms with Crippen LogP contribution in [-0.2, 0) is 4.79 Å². The van der Waals surface area contributed by atoms with Gasteiger partial charge < -0.3 is 10.2 Å². The van der Waals surface area contributed by atoms with Gasteiger partial charge in [0.1, 0.15) is 5.84 Å². The van der Waals surface area contributed by atoms with Crippen molar-refractivity contribution < 1.29 is 4.79 Å². The lowest BCUT2D eigenvalue weighted by Crippen LogP contribution is -2.43. The number of nitrogens with zero attached hydrogens (tertiary/aromatic N) is 2. The lowest BCUT2D eigenvalue weighted by atomic mass is 10.00. The molecule has 2 heterocycles. The number of carbonyl (C=O) groups excluding carboxylic acids is 1. The van der Waals surface area contributed by atoms with Crippen molar-refractivity contribution in [3.8, 4) is 0 Å². The van der Waals surface area contributed by atoms with Gasteiger partial charge in [-0.05, 0) is 31.4 Å². The Balaban J connectivity index is 1.76. The number of rotatable bonds is 2. The van der Waals surface area contributed by atoms with Crippen LogP contribution in [0.4, 0.5) is 5.69 Å². The molecule has 106 valence electrons. The summed E-state index contributed by atoms with van der Waals surface area (Å²) >= 11 is 0. The zero-order valence-electron chi connectivity index (χ0n) is 11.7. The van der Waals surface area contributed by atoms with Crippen molar-refractivity contribution in [2.24, 2.45) is 10.9 Å². The van der Waals surface area contributed by atoms with Crippen molar-refractivity contribution in [2.75, 3.05) is 25.0 Å². The van der Waals surface area contributed by atoms with Crippen LogP contribution >= 0.6 is 0 Å². The predicted octanol–water partition coefficient (Wildman–Crippen LogP) is 2.53. The Hall–Kier alpha value is -1.84. The van der Waals surface area contributed by atoms with Gasteiger partial charge in [-0.3, -0.25) is 9.79 Å². The second-order valence-corrected chi connectivity index (χ2v) is 5.48. The molecule has 1 N–H and O–H groups in total. The first-order valence-electron chi connectivity index (χ1n) is 7.50. The van der Waals surface area contributed by atoms with Gasteiger partial charge in [0.25, 0.3) is 0 Å². The van der Waals surface area contributed by atoms with E-state index in [0.29, 0.717) is 0 Å². The fourth-order valence-electron chi connectivity index (χ4n) is 3.01. The first kappa shape index (κ1) is 13.2. The number of hydrogen-bond acceptors (Lipinski definition) is 3. The normalized spacial score (nSPS) is 22.5. The Morgan fingerprint density at radius 1 is 1.15 bits per heavy atom. The van der Waals surface area contributed by atoms with Crippen LogP contribution in [0.15, 0.2) is 35.3 Å². The lowest BCUT2D eigenvalue weighted by molar-refractivity contribution is -0.118. The number of para-hydroxylation sites is 1. The third kappa shape index (κ3) is 2.84. The number of hydrogen-bond donors (Lipinski definition) is 1. The Morgan fingerprint density at radius 2 is 1.95 bits per heavy atom. The third-order valence-electron chi connectivity index (χ3n) is 4.02. The quantitative estimate of drug-likeness (QED) is 0.898. The molecule has 2 aliphatic rings. The maximum absolute atomic E-state index is 12.6. The van der Waals surface area contributed by atoms with Gasteiger partial charge in [0.15, 0.2) is 0 Å². The summed E-state index contributed by atoms with van der Waals surface area (Å²) in [4.78, 5) is 19.5. The molecule has 0 aliphatic carbocycles. The second kappa shape index (κ2) is 6.07. The number of amides is 1. The first-order chi connectivity index (χ1) is 9.84. The second-order valence-electron chi connectivity index (χ2n) is 5.48. The molecule has 1 amide bonds. The van der Waals surface area contributed by atoms with E-state index in [9.17, 15) is 4.79 Å². The van der Waals surface area contributed by atoms with Crippen molar-refractivity contribution >= 4 is 17.4 Å². The van der Waals surface area contributed by atoms with Crippen molar-refractivity contribution in [3.63, 3.8) is 0 Å². The zero-order valence-corrected chi connectivity index (χ0v) is 11.7. The molecule has 0 aromatic heterocycles. The Kier molecular flexibility index (Phi) is 4.00. The first-order valence-corrected chi connectivity index (χ1v) is 7.50. The molecule has 3 rings (SSSR count). The fraction of sp³-hybridized carbons (Fsp3) is 0.500. The number of nitrogens with one attached hydrogen (secondary N) is 1. The van der Waals surface area contributed by atoms with Crippen LogP contribution in [0.5, 0.6) is 0 Å². The molecule has 1 unspecified atom stereocenters. The molecule has 2 aliphatic heterocycles. The van der Waals surface area contributed by atoms with Gasteiger partial charge in [-0.1, -0.05) is 24.6 Å². The molecule has 4 heteroatoms. The topological polar surface area (TPSA) is 44.7 Å². The molecule has 20 heavy (non-hydrogen) atoms. The summed E-state index contributed by atoms with van der Waals surface area (Å²) in [6.07, 6.45) is 4.28. The summed E-state index contributed by atoms with van der Waals surface area (Å²) < 4.78 is 0. The molecule has 1 saturated heterocycles. The van der Waals surface area contributed by atoms with Gasteiger partial charge in [-0.2, -0.15) is 0 Å². The van der Waals surface area contributed by atoms with Crippen molar-refractivity contribution in [1.82, 2.24) is 4.90 Å². The minimum absolute atomic E-state index is 0.0852. The van der Waals surface area contributed by atoms with E-state index in [1.165, 1.54) is 0 Å². The van der Waals surface area contributed by atoms with Gasteiger partial charge in [0.2, 0.25) is 5.91 Å². The average Bonchev–Trinajstić information content (AvgIpc) is 2.70. The molecule has 0 saturated carbocycles. The van der Waals surface area contributed by atoms with E-state index in [1.54, 1.807) is 0 Å². The molecule has 1 aromatic rings. The van der Waals surface area contributed by atoms with Crippen LogP contribution in [0.1, 0.15) is 25.7 Å². The molecule has 1 fully saturated rings. The fourth-order valence-corrected chi connectivity index (χ4v) is 3.01. The maximum Gasteiger partial charge on any atom is 0.235 e. The van der Waals surface area contributed by atoms with Crippen LogP contribution in [0, 0.1) is 5.92 Å². The van der Waals surface area contributed by atoms with Crippen molar-refractivity contribution in [3.05, 3.63) is 30.3 Å². The van der Waals surface area contributed by atoms with E-state index in [4.69, 9.17) is 0 Å². The summed E-state index contributed by atoms with van der Waals surface area (Å²) in [7, 11) is 0. The van der Waals surface area contributed by atoms with Crippen LogP contribution in [0.25, 0.3) is 0 Å². The van der Waals surface area contributed by atoms with E-state index in [2.05, 4.69) is 15.2 Å². The molecule has 1 aromatic carbocycles. The molecular formula is C16H21N3O. The molecule has 1 atom stereocenters. The molecule has 0 radical (unpaired) electrons. The van der Waals surface area contributed by atoms with Gasteiger partial charge in [-0.15, -0.1) is 0 Å². The number of anilines is 1. The number of carbonyl (C=O) groups is 1. The zero-order chi connectivity index (χ0) is 13.8. The Labute approximate surface area is 119 Å². The van der Waals surface area contributed by atoms with E-state index >= 15 is 0 Å². The van der Waals surface area contributed by atoms with Gasteiger partial charge in [0.05, 0.1) is 5.92 Å². The molecule has 0 bridgehead atoms. The van der Waals surface area contributed by atoms with Gasteiger partial charge in [-0.25, -0.2) is 0 Å². The van der Waals surface area contributed by atoms with Crippen molar-refractivity contribution in [2.45, 2.75) is 25.7 Å². The van der Waals surface area contributed by atoms with E-state index in [-0.39, 0.29) is 11.8 Å². The SMILES string of the molecule is O=C(Nc1ccccc1)C1CCCCN2CCCN=C12. The number of benzene rings is 1. The van der Waals surface area contributed by atoms with Crippen LogP contribution in [-0.4, -0.2) is 36.3 Å². The maximum atomic E-state index is 12.6. The Bertz CT molecular complexity index is 498. The minimum atomic E-state index is -0.0852. The Morgan fingerprint density at radius 3 is 2.80 bits per heavy atom. The number of fused-ring (bicyclic) bond motifs is 1. The summed E-state index contributed by atoms with van der Waals surface area (Å²) in [5.41, 5.74) is 0.865. The number of aliphatic imine (C=N–C) groups is 1. The molecular weight excluding hydrogens is 250 g/mol. The standard InChI is InChI=1S/C16H21N3O/c20-16(18-13-7-2-1-3-8-13)14-9-4-5-11-19-12-6-10-17-15(14)19/h1-3,7-8,14H,4-6,9-12H2,(H,18,20). The van der Waals surface area contributed by atoms with E-state index in [1.807, 2.05) is 30.3 Å². The smallest absolute Gasteiger partial charge is 0.235 e. The summed E-state index contributed by atoms with van der Waals surface area (Å²) in [6, 6.07) is 9.68. The van der Waals surface area contributed by atoms with Crippen LogP contribution in [0.2, 0.25) is 0 Å². The van der Waals surface area contributed by atoms with E-state index in [0.717, 1.165) is 56.8 Å². The minimum Gasteiger partial charge on any atom is -0.360 e. The molecule has 4 nitrogen and oxygen atoms in total. The highest BCUT2D eigenvalue weighted by atomic mass is 16.1. The summed E-state index contributed by atoms with van der Waals surface area (Å²) in [5.74, 6) is 1.02. The predicted molar refractivity (Wildman–Crippen MR) is 80.9 cm³/mol. The summed E-state index contributed by atoms with van der Waals surface area (Å²) in [5, 5.41) is 3.03. The largest absolute Gasteiger partial charge is 0.360 e. The highest BCUT2D eigenvalue weighted by molar-refractivity contribution is 6.08.